The zero-order chi connectivity index (χ0) is 17.2. The van der Waals surface area contributed by atoms with Crippen LogP contribution >= 0.6 is 11.6 Å². The first-order valence-electron chi connectivity index (χ1n) is 8.83. The molecule has 0 bridgehead atoms. The molecule has 1 saturated heterocycles. The molecule has 0 radical (unpaired) electrons. The van der Waals surface area contributed by atoms with Crippen molar-refractivity contribution in [2.45, 2.75) is 25.3 Å². The molecule has 1 amide bonds. The third kappa shape index (κ3) is 3.80. The van der Waals surface area contributed by atoms with E-state index < -0.39 is 0 Å². The number of hydrogen-bond donors (Lipinski definition) is 2. The number of benzene rings is 2. The lowest BCUT2D eigenvalue weighted by molar-refractivity contribution is -0.116. The molecule has 5 heteroatoms. The van der Waals surface area contributed by atoms with E-state index >= 15 is 0 Å². The monoisotopic (exact) mass is 355 g/mol. The molecule has 1 unspecified atom stereocenters. The molecule has 2 aliphatic heterocycles. The summed E-state index contributed by atoms with van der Waals surface area (Å²) in [6, 6.07) is 14.9. The molecular weight excluding hydrogens is 334 g/mol. The van der Waals surface area contributed by atoms with Crippen LogP contribution in [0.25, 0.3) is 0 Å². The minimum atomic E-state index is 0.116. The van der Waals surface area contributed by atoms with Crippen molar-refractivity contribution in [1.82, 2.24) is 5.32 Å². The summed E-state index contributed by atoms with van der Waals surface area (Å²) in [4.78, 5) is 14.0. The van der Waals surface area contributed by atoms with E-state index in [1.807, 2.05) is 18.2 Å². The number of anilines is 2. The predicted molar refractivity (Wildman–Crippen MR) is 103 cm³/mol. The second-order valence-electron chi connectivity index (χ2n) is 6.82. The molecule has 2 aliphatic rings. The Labute approximate surface area is 153 Å². The summed E-state index contributed by atoms with van der Waals surface area (Å²) in [6.07, 6.45) is 2.40. The molecule has 4 nitrogen and oxygen atoms in total. The minimum absolute atomic E-state index is 0.116. The van der Waals surface area contributed by atoms with E-state index in [0.717, 1.165) is 43.2 Å². The second-order valence-corrected chi connectivity index (χ2v) is 7.25. The Balaban J connectivity index is 1.46. The van der Waals surface area contributed by atoms with Crippen LogP contribution in [-0.4, -0.2) is 31.6 Å². The highest BCUT2D eigenvalue weighted by atomic mass is 35.5. The van der Waals surface area contributed by atoms with Crippen molar-refractivity contribution in [3.05, 3.63) is 58.6 Å². The Morgan fingerprint density at radius 2 is 1.96 bits per heavy atom. The Hall–Kier alpha value is -2.04. The fourth-order valence-corrected chi connectivity index (χ4v) is 3.79. The Kier molecular flexibility index (Phi) is 4.64. The number of fused-ring (bicyclic) bond motifs is 1. The van der Waals surface area contributed by atoms with E-state index in [4.69, 9.17) is 11.6 Å². The summed E-state index contributed by atoms with van der Waals surface area (Å²) >= 11 is 5.97. The molecule has 2 aromatic carbocycles. The van der Waals surface area contributed by atoms with Crippen molar-refractivity contribution in [2.75, 3.05) is 29.9 Å². The quantitative estimate of drug-likeness (QED) is 0.888. The van der Waals surface area contributed by atoms with Crippen molar-refractivity contribution in [1.29, 1.82) is 0 Å². The van der Waals surface area contributed by atoms with Gasteiger partial charge in [0.2, 0.25) is 5.91 Å². The lowest BCUT2D eigenvalue weighted by Gasteiger charge is -2.36. The van der Waals surface area contributed by atoms with E-state index in [-0.39, 0.29) is 5.91 Å². The number of halogens is 1. The smallest absolute Gasteiger partial charge is 0.224 e. The number of nitrogens with zero attached hydrogens (tertiary/aromatic N) is 1. The highest BCUT2D eigenvalue weighted by Crippen LogP contribution is 2.28. The van der Waals surface area contributed by atoms with Crippen molar-refractivity contribution < 1.29 is 4.79 Å². The van der Waals surface area contributed by atoms with Crippen LogP contribution in [0.2, 0.25) is 5.02 Å². The lowest BCUT2D eigenvalue weighted by atomic mass is 10.0. The van der Waals surface area contributed by atoms with Gasteiger partial charge in [0.1, 0.15) is 0 Å². The zero-order valence-electron chi connectivity index (χ0n) is 14.1. The van der Waals surface area contributed by atoms with Crippen LogP contribution in [0.3, 0.4) is 0 Å². The van der Waals surface area contributed by atoms with Gasteiger partial charge in [-0.1, -0.05) is 23.7 Å². The summed E-state index contributed by atoms with van der Waals surface area (Å²) in [5, 5.41) is 7.35. The van der Waals surface area contributed by atoms with Gasteiger partial charge in [0.25, 0.3) is 0 Å². The molecule has 2 aromatic rings. The molecule has 4 rings (SSSR count). The van der Waals surface area contributed by atoms with E-state index in [1.54, 1.807) is 0 Å². The normalized spacial score (nSPS) is 20.1. The number of nitrogens with one attached hydrogen (secondary N) is 2. The molecule has 2 heterocycles. The van der Waals surface area contributed by atoms with Crippen molar-refractivity contribution >= 4 is 28.9 Å². The molecular formula is C20H22ClN3O. The fraction of sp³-hybridized carbons (Fsp3) is 0.350. The zero-order valence-corrected chi connectivity index (χ0v) is 14.9. The fourth-order valence-electron chi connectivity index (χ4n) is 3.67. The Bertz CT molecular complexity index is 775. The van der Waals surface area contributed by atoms with Gasteiger partial charge in [-0.2, -0.15) is 0 Å². The molecule has 0 spiro atoms. The van der Waals surface area contributed by atoms with Crippen molar-refractivity contribution in [3.8, 4) is 0 Å². The maximum absolute atomic E-state index is 11.5. The summed E-state index contributed by atoms with van der Waals surface area (Å²) in [6.45, 7) is 2.96. The number of hydrogen-bond acceptors (Lipinski definition) is 3. The van der Waals surface area contributed by atoms with Gasteiger partial charge in [-0.05, 0) is 54.3 Å². The number of rotatable bonds is 3. The summed E-state index contributed by atoms with van der Waals surface area (Å²) < 4.78 is 0. The molecule has 1 atom stereocenters. The average Bonchev–Trinajstić information content (AvgIpc) is 2.63. The molecule has 0 aromatic heterocycles. The highest BCUT2D eigenvalue weighted by molar-refractivity contribution is 6.30. The summed E-state index contributed by atoms with van der Waals surface area (Å²) in [5.41, 5.74) is 4.76. The summed E-state index contributed by atoms with van der Waals surface area (Å²) in [7, 11) is 0. The topological polar surface area (TPSA) is 44.4 Å². The van der Waals surface area contributed by atoms with Gasteiger partial charge in [-0.3, -0.25) is 4.79 Å². The van der Waals surface area contributed by atoms with Crippen LogP contribution < -0.4 is 15.5 Å². The Morgan fingerprint density at radius 3 is 2.80 bits per heavy atom. The second kappa shape index (κ2) is 7.06. The third-order valence-corrected chi connectivity index (χ3v) is 5.25. The molecule has 0 aliphatic carbocycles. The van der Waals surface area contributed by atoms with Crippen molar-refractivity contribution in [2.24, 2.45) is 0 Å². The van der Waals surface area contributed by atoms with Crippen LogP contribution in [0.4, 0.5) is 11.4 Å². The number of carbonyl (C=O) groups excluding carboxylic acids is 1. The highest BCUT2D eigenvalue weighted by Gasteiger charge is 2.22. The molecule has 1 fully saturated rings. The maximum atomic E-state index is 11.5. The number of carbonyl (C=O) groups is 1. The number of piperazine rings is 1. The summed E-state index contributed by atoms with van der Waals surface area (Å²) in [5.74, 6) is 0.116. The van der Waals surface area contributed by atoms with Crippen LogP contribution in [0.5, 0.6) is 0 Å². The van der Waals surface area contributed by atoms with Gasteiger partial charge in [-0.15, -0.1) is 0 Å². The Morgan fingerprint density at radius 1 is 1.12 bits per heavy atom. The van der Waals surface area contributed by atoms with Gasteiger partial charge >= 0.3 is 0 Å². The maximum Gasteiger partial charge on any atom is 0.224 e. The molecule has 2 N–H and O–H groups in total. The van der Waals surface area contributed by atoms with E-state index in [9.17, 15) is 4.79 Å². The van der Waals surface area contributed by atoms with Gasteiger partial charge in [0.15, 0.2) is 0 Å². The third-order valence-electron chi connectivity index (χ3n) is 5.00. The molecule has 25 heavy (non-hydrogen) atoms. The van der Waals surface area contributed by atoms with E-state index in [2.05, 4.69) is 39.8 Å². The van der Waals surface area contributed by atoms with Crippen LogP contribution in [0.15, 0.2) is 42.5 Å². The van der Waals surface area contributed by atoms with Gasteiger partial charge in [0.05, 0.1) is 0 Å². The van der Waals surface area contributed by atoms with Crippen LogP contribution in [0.1, 0.15) is 17.5 Å². The SMILES string of the molecule is O=C1CCc2cc(N3CCNC(Cc4ccc(Cl)cc4)C3)ccc2N1. The average molecular weight is 356 g/mol. The first-order valence-corrected chi connectivity index (χ1v) is 9.21. The van der Waals surface area contributed by atoms with Crippen LogP contribution in [0, 0.1) is 0 Å². The molecule has 0 saturated carbocycles. The van der Waals surface area contributed by atoms with Gasteiger partial charge < -0.3 is 15.5 Å². The van der Waals surface area contributed by atoms with Crippen LogP contribution in [-0.2, 0) is 17.6 Å². The number of amides is 1. The largest absolute Gasteiger partial charge is 0.369 e. The minimum Gasteiger partial charge on any atom is -0.369 e. The predicted octanol–water partition coefficient (Wildman–Crippen LogP) is 3.25. The van der Waals surface area contributed by atoms with E-state index in [0.29, 0.717) is 12.5 Å². The first-order chi connectivity index (χ1) is 12.2. The first kappa shape index (κ1) is 16.4. The standard InChI is InChI=1S/C20H22ClN3O/c21-16-4-1-14(2-5-16)11-17-13-24(10-9-22-17)18-6-7-19-15(12-18)3-8-20(25)23-19/h1-2,4-7,12,17,22H,3,8-11,13H2,(H,23,25). The number of aryl methyl sites for hydroxylation is 1. The lowest BCUT2D eigenvalue weighted by Crippen LogP contribution is -2.51. The molecule has 130 valence electrons. The van der Waals surface area contributed by atoms with Crippen molar-refractivity contribution in [3.63, 3.8) is 0 Å². The van der Waals surface area contributed by atoms with Gasteiger partial charge in [0, 0.05) is 48.5 Å². The van der Waals surface area contributed by atoms with Gasteiger partial charge in [-0.25, -0.2) is 0 Å². The van der Waals surface area contributed by atoms with E-state index in [1.165, 1.54) is 16.8 Å².